The molecule has 1 fully saturated rings. The van der Waals surface area contributed by atoms with Gasteiger partial charge in [0.1, 0.15) is 11.6 Å². The monoisotopic (exact) mass is 492 g/mol. The number of hydrogen-bond acceptors (Lipinski definition) is 7. The van der Waals surface area contributed by atoms with Crippen LogP contribution in [0.25, 0.3) is 10.6 Å². The van der Waals surface area contributed by atoms with Gasteiger partial charge in [-0.25, -0.2) is 13.4 Å². The average molecular weight is 493 g/mol. The maximum absolute atomic E-state index is 12.8. The molecule has 10 heteroatoms. The van der Waals surface area contributed by atoms with E-state index in [-0.39, 0.29) is 17.9 Å². The number of thiazole rings is 1. The molecule has 0 bridgehead atoms. The van der Waals surface area contributed by atoms with Gasteiger partial charge in [-0.3, -0.25) is 4.79 Å². The molecule has 0 atom stereocenters. The lowest BCUT2D eigenvalue weighted by Gasteiger charge is -2.26. The average Bonchev–Trinajstić information content (AvgIpc) is 3.27. The van der Waals surface area contributed by atoms with E-state index in [1.807, 2.05) is 18.2 Å². The number of sulfonamides is 1. The smallest absolute Gasteiger partial charge is 0.312 e. The van der Waals surface area contributed by atoms with Gasteiger partial charge in [-0.15, -0.1) is 11.3 Å². The number of rotatable bonds is 7. The van der Waals surface area contributed by atoms with E-state index in [2.05, 4.69) is 4.98 Å². The molecule has 0 aliphatic carbocycles. The number of halogens is 1. The van der Waals surface area contributed by atoms with Crippen LogP contribution in [0.3, 0.4) is 0 Å². The molecule has 1 aromatic heterocycles. The van der Waals surface area contributed by atoms with Crippen LogP contribution in [0.4, 0.5) is 0 Å². The molecule has 3 aromatic rings. The molecular formula is C22H21ClN2O5S2. The molecule has 2 heterocycles. The Bertz CT molecular complexity index is 1210. The maximum Gasteiger partial charge on any atom is 0.312 e. The maximum atomic E-state index is 12.8. The van der Waals surface area contributed by atoms with E-state index in [0.29, 0.717) is 42.6 Å². The number of esters is 1. The molecule has 2 aromatic carbocycles. The van der Waals surface area contributed by atoms with Gasteiger partial charge in [0.15, 0.2) is 0 Å². The number of nitrogens with zero attached hydrogens (tertiary/aromatic N) is 2. The lowest BCUT2D eigenvalue weighted by Crippen LogP contribution is -2.40. The Morgan fingerprint density at radius 1 is 1.16 bits per heavy atom. The highest BCUT2D eigenvalue weighted by Gasteiger charge is 2.26. The Morgan fingerprint density at radius 3 is 2.72 bits per heavy atom. The molecule has 4 rings (SSSR count). The molecule has 1 saturated heterocycles. The molecule has 32 heavy (non-hydrogen) atoms. The Labute approximate surface area is 195 Å². The van der Waals surface area contributed by atoms with Crippen molar-refractivity contribution in [2.75, 3.05) is 26.3 Å². The molecule has 0 spiro atoms. The number of benzene rings is 2. The van der Waals surface area contributed by atoms with Crippen molar-refractivity contribution in [1.82, 2.24) is 9.29 Å². The molecule has 7 nitrogen and oxygen atoms in total. The predicted molar refractivity (Wildman–Crippen MR) is 122 cm³/mol. The quantitative estimate of drug-likeness (QED) is 0.467. The first-order chi connectivity index (χ1) is 15.4. The van der Waals surface area contributed by atoms with Crippen LogP contribution >= 0.6 is 22.9 Å². The highest BCUT2D eigenvalue weighted by Crippen LogP contribution is 2.30. The second-order valence-electron chi connectivity index (χ2n) is 7.13. The number of morpholine rings is 1. The molecule has 1 aliphatic heterocycles. The summed E-state index contributed by atoms with van der Waals surface area (Å²) >= 11 is 7.62. The fourth-order valence-corrected chi connectivity index (χ4v) is 5.86. The zero-order chi connectivity index (χ0) is 22.6. The minimum atomic E-state index is -3.61. The predicted octanol–water partition coefficient (Wildman–Crippen LogP) is 3.77. The SMILES string of the molecule is O=C(Cc1csc(-c2ccccc2Cl)n1)OCc1cccc(S(=O)(=O)N2CCOCC2)c1. The lowest BCUT2D eigenvalue weighted by molar-refractivity contribution is -0.144. The van der Waals surface area contributed by atoms with Crippen LogP contribution in [-0.4, -0.2) is 50.0 Å². The summed E-state index contributed by atoms with van der Waals surface area (Å²) < 4.78 is 37.6. The molecule has 0 N–H and O–H groups in total. The van der Waals surface area contributed by atoms with Crippen LogP contribution in [0.2, 0.25) is 5.02 Å². The molecular weight excluding hydrogens is 472 g/mol. The lowest BCUT2D eigenvalue weighted by atomic mass is 10.2. The Balaban J connectivity index is 1.37. The molecule has 1 aliphatic rings. The van der Waals surface area contributed by atoms with Crippen molar-refractivity contribution >= 4 is 38.9 Å². The summed E-state index contributed by atoms with van der Waals surface area (Å²) in [6, 6.07) is 13.8. The molecule has 0 saturated carbocycles. The van der Waals surface area contributed by atoms with Crippen LogP contribution in [0.5, 0.6) is 0 Å². The number of carbonyl (C=O) groups is 1. The molecule has 168 valence electrons. The Morgan fingerprint density at radius 2 is 1.94 bits per heavy atom. The molecule has 0 radical (unpaired) electrons. The van der Waals surface area contributed by atoms with Crippen LogP contribution in [0.1, 0.15) is 11.3 Å². The van der Waals surface area contributed by atoms with Crippen LogP contribution in [0, 0.1) is 0 Å². The fraction of sp³-hybridized carbons (Fsp3) is 0.273. The van der Waals surface area contributed by atoms with Gasteiger partial charge in [-0.1, -0.05) is 41.9 Å². The first kappa shape index (κ1) is 22.9. The first-order valence-corrected chi connectivity index (χ1v) is 12.6. The number of carbonyl (C=O) groups excluding carboxylic acids is 1. The standard InChI is InChI=1S/C22H21ClN2O5S2/c23-20-7-2-1-6-19(20)22-24-17(15-31-22)13-21(26)30-14-16-4-3-5-18(12-16)32(27,28)25-8-10-29-11-9-25/h1-7,12,15H,8-11,13-14H2. The highest BCUT2D eigenvalue weighted by molar-refractivity contribution is 7.89. The van der Waals surface area contributed by atoms with Gasteiger partial charge in [-0.2, -0.15) is 4.31 Å². The van der Waals surface area contributed by atoms with Crippen molar-refractivity contribution in [3.8, 4) is 10.6 Å². The summed E-state index contributed by atoms with van der Waals surface area (Å²) in [5.41, 5.74) is 2.01. The first-order valence-electron chi connectivity index (χ1n) is 9.95. The third kappa shape index (κ3) is 5.36. The van der Waals surface area contributed by atoms with E-state index in [0.717, 1.165) is 10.6 Å². The van der Waals surface area contributed by atoms with E-state index < -0.39 is 16.0 Å². The van der Waals surface area contributed by atoms with E-state index in [1.165, 1.54) is 21.7 Å². The van der Waals surface area contributed by atoms with Gasteiger partial charge in [0, 0.05) is 24.0 Å². The minimum Gasteiger partial charge on any atom is -0.461 e. The van der Waals surface area contributed by atoms with Crippen molar-refractivity contribution in [2.24, 2.45) is 0 Å². The summed E-state index contributed by atoms with van der Waals surface area (Å²) in [5.74, 6) is -0.442. The van der Waals surface area contributed by atoms with Crippen LogP contribution in [-0.2, 0) is 37.3 Å². The summed E-state index contributed by atoms with van der Waals surface area (Å²) in [6.07, 6.45) is 0.0206. The highest BCUT2D eigenvalue weighted by atomic mass is 35.5. The summed E-state index contributed by atoms with van der Waals surface area (Å²) in [7, 11) is -3.61. The Kier molecular flexibility index (Phi) is 7.22. The fourth-order valence-electron chi connectivity index (χ4n) is 3.24. The molecule has 0 amide bonds. The third-order valence-electron chi connectivity index (χ3n) is 4.89. The summed E-state index contributed by atoms with van der Waals surface area (Å²) in [4.78, 5) is 17.0. The van der Waals surface area contributed by atoms with Crippen molar-refractivity contribution in [3.05, 3.63) is 70.2 Å². The van der Waals surface area contributed by atoms with E-state index in [1.54, 1.807) is 29.6 Å². The van der Waals surface area contributed by atoms with E-state index >= 15 is 0 Å². The second-order valence-corrected chi connectivity index (χ2v) is 10.3. The number of ether oxygens (including phenoxy) is 2. The van der Waals surface area contributed by atoms with Gasteiger partial charge < -0.3 is 9.47 Å². The minimum absolute atomic E-state index is 0.0206. The van der Waals surface area contributed by atoms with Gasteiger partial charge in [0.25, 0.3) is 0 Å². The van der Waals surface area contributed by atoms with Crippen molar-refractivity contribution in [3.63, 3.8) is 0 Å². The number of aromatic nitrogens is 1. The molecule has 0 unspecified atom stereocenters. The van der Waals surface area contributed by atoms with Gasteiger partial charge in [-0.05, 0) is 23.8 Å². The van der Waals surface area contributed by atoms with Gasteiger partial charge in [0.2, 0.25) is 10.0 Å². The van der Waals surface area contributed by atoms with Gasteiger partial charge in [0.05, 0.1) is 35.2 Å². The normalized spacial score (nSPS) is 14.9. The summed E-state index contributed by atoms with van der Waals surface area (Å²) in [6.45, 7) is 1.39. The van der Waals surface area contributed by atoms with E-state index in [4.69, 9.17) is 21.1 Å². The van der Waals surface area contributed by atoms with Crippen LogP contribution < -0.4 is 0 Å². The topological polar surface area (TPSA) is 85.8 Å². The van der Waals surface area contributed by atoms with E-state index in [9.17, 15) is 13.2 Å². The Hall–Kier alpha value is -2.30. The van der Waals surface area contributed by atoms with Crippen molar-refractivity contribution in [2.45, 2.75) is 17.9 Å². The second kappa shape index (κ2) is 10.1. The van der Waals surface area contributed by atoms with Crippen molar-refractivity contribution in [1.29, 1.82) is 0 Å². The van der Waals surface area contributed by atoms with Gasteiger partial charge >= 0.3 is 5.97 Å². The summed E-state index contributed by atoms with van der Waals surface area (Å²) in [5, 5.41) is 3.14. The van der Waals surface area contributed by atoms with Crippen molar-refractivity contribution < 1.29 is 22.7 Å². The zero-order valence-electron chi connectivity index (χ0n) is 17.1. The zero-order valence-corrected chi connectivity index (χ0v) is 19.5. The van der Waals surface area contributed by atoms with Crippen LogP contribution in [0.15, 0.2) is 58.8 Å². The number of hydrogen-bond donors (Lipinski definition) is 0. The third-order valence-corrected chi connectivity index (χ3v) is 8.04. The largest absolute Gasteiger partial charge is 0.461 e.